The zero-order valence-electron chi connectivity index (χ0n) is 16.5. The van der Waals surface area contributed by atoms with Crippen LogP contribution in [0.15, 0.2) is 54.9 Å². The average molecular weight is 378 g/mol. The lowest BCUT2D eigenvalue weighted by molar-refractivity contribution is -0.116. The Kier molecular flexibility index (Phi) is 6.26. The first-order valence-electron chi connectivity index (χ1n) is 9.45. The van der Waals surface area contributed by atoms with Gasteiger partial charge in [0.25, 0.3) is 0 Å². The molecule has 3 aromatic rings. The van der Waals surface area contributed by atoms with Gasteiger partial charge in [0.15, 0.2) is 0 Å². The Bertz CT molecular complexity index is 901. The molecular weight excluding hydrogens is 352 g/mol. The van der Waals surface area contributed by atoms with Crippen molar-refractivity contribution in [1.82, 2.24) is 14.5 Å². The molecule has 0 bridgehead atoms. The SMILES string of the molecule is CCN(CC)c1cc(Nc2ccc(NC(=O)Cn3cccc3)cc2)nc(C)n1. The van der Waals surface area contributed by atoms with Crippen molar-refractivity contribution in [2.45, 2.75) is 27.3 Å². The molecule has 2 heterocycles. The van der Waals surface area contributed by atoms with Gasteiger partial charge in [-0.25, -0.2) is 9.97 Å². The Labute approximate surface area is 165 Å². The van der Waals surface area contributed by atoms with Crippen LogP contribution in [0.3, 0.4) is 0 Å². The molecule has 7 heteroatoms. The summed E-state index contributed by atoms with van der Waals surface area (Å²) in [7, 11) is 0. The second kappa shape index (κ2) is 9.03. The van der Waals surface area contributed by atoms with Gasteiger partial charge in [-0.1, -0.05) is 0 Å². The van der Waals surface area contributed by atoms with Crippen molar-refractivity contribution >= 4 is 28.9 Å². The van der Waals surface area contributed by atoms with Crippen LogP contribution >= 0.6 is 0 Å². The zero-order chi connectivity index (χ0) is 19.9. The molecule has 0 saturated carbocycles. The lowest BCUT2D eigenvalue weighted by atomic mass is 10.2. The van der Waals surface area contributed by atoms with Gasteiger partial charge in [-0.3, -0.25) is 4.79 Å². The van der Waals surface area contributed by atoms with Crippen LogP contribution < -0.4 is 15.5 Å². The molecule has 146 valence electrons. The van der Waals surface area contributed by atoms with Gasteiger partial charge in [0.05, 0.1) is 0 Å². The van der Waals surface area contributed by atoms with Crippen molar-refractivity contribution in [2.24, 2.45) is 0 Å². The van der Waals surface area contributed by atoms with E-state index in [1.165, 1.54) is 0 Å². The van der Waals surface area contributed by atoms with Crippen molar-refractivity contribution in [3.05, 3.63) is 60.7 Å². The number of hydrogen-bond donors (Lipinski definition) is 2. The molecule has 1 amide bonds. The number of rotatable bonds is 8. The lowest BCUT2D eigenvalue weighted by Crippen LogP contribution is -2.23. The number of carbonyl (C=O) groups is 1. The summed E-state index contributed by atoms with van der Waals surface area (Å²) in [5.41, 5.74) is 1.65. The minimum absolute atomic E-state index is 0.0628. The number of aromatic nitrogens is 3. The van der Waals surface area contributed by atoms with Gasteiger partial charge >= 0.3 is 0 Å². The Morgan fingerprint density at radius 1 is 1.04 bits per heavy atom. The largest absolute Gasteiger partial charge is 0.357 e. The summed E-state index contributed by atoms with van der Waals surface area (Å²) in [6.07, 6.45) is 3.73. The van der Waals surface area contributed by atoms with E-state index in [1.807, 2.05) is 66.3 Å². The first-order valence-corrected chi connectivity index (χ1v) is 9.45. The van der Waals surface area contributed by atoms with E-state index >= 15 is 0 Å². The summed E-state index contributed by atoms with van der Waals surface area (Å²) in [5.74, 6) is 2.32. The quantitative estimate of drug-likeness (QED) is 0.623. The molecule has 0 aliphatic carbocycles. The predicted molar refractivity (Wildman–Crippen MR) is 113 cm³/mol. The van der Waals surface area contributed by atoms with Gasteiger partial charge < -0.3 is 20.1 Å². The number of amides is 1. The number of benzene rings is 1. The van der Waals surface area contributed by atoms with Crippen LogP contribution in [0.1, 0.15) is 19.7 Å². The highest BCUT2D eigenvalue weighted by Gasteiger charge is 2.08. The number of anilines is 4. The normalized spacial score (nSPS) is 10.5. The molecule has 0 fully saturated rings. The number of nitrogens with zero attached hydrogens (tertiary/aromatic N) is 4. The van der Waals surface area contributed by atoms with Crippen molar-refractivity contribution in [3.63, 3.8) is 0 Å². The lowest BCUT2D eigenvalue weighted by Gasteiger charge is -2.20. The number of carbonyl (C=O) groups excluding carboxylic acids is 1. The third-order valence-corrected chi connectivity index (χ3v) is 4.35. The van der Waals surface area contributed by atoms with Gasteiger partial charge in [-0.15, -0.1) is 0 Å². The van der Waals surface area contributed by atoms with Gasteiger partial charge in [0.1, 0.15) is 24.0 Å². The maximum absolute atomic E-state index is 12.1. The Morgan fingerprint density at radius 3 is 2.32 bits per heavy atom. The topological polar surface area (TPSA) is 75.1 Å². The maximum atomic E-state index is 12.1. The van der Waals surface area contributed by atoms with E-state index in [9.17, 15) is 4.79 Å². The molecule has 0 aliphatic rings. The predicted octanol–water partition coefficient (Wildman–Crippen LogP) is 3.82. The van der Waals surface area contributed by atoms with E-state index in [4.69, 9.17) is 0 Å². The summed E-state index contributed by atoms with van der Waals surface area (Å²) >= 11 is 0. The molecule has 0 aliphatic heterocycles. The van der Waals surface area contributed by atoms with Crippen LogP contribution in [0.2, 0.25) is 0 Å². The van der Waals surface area contributed by atoms with E-state index in [2.05, 4.69) is 39.3 Å². The van der Waals surface area contributed by atoms with Crippen molar-refractivity contribution in [2.75, 3.05) is 28.6 Å². The minimum atomic E-state index is -0.0628. The number of nitrogens with one attached hydrogen (secondary N) is 2. The highest BCUT2D eigenvalue weighted by Crippen LogP contribution is 2.21. The molecule has 0 spiro atoms. The van der Waals surface area contributed by atoms with Gasteiger partial charge in [-0.2, -0.15) is 0 Å². The molecule has 0 radical (unpaired) electrons. The monoisotopic (exact) mass is 378 g/mol. The van der Waals surface area contributed by atoms with Crippen LogP contribution in [0.5, 0.6) is 0 Å². The van der Waals surface area contributed by atoms with Crippen LogP contribution in [-0.2, 0) is 11.3 Å². The molecule has 1 aromatic carbocycles. The zero-order valence-corrected chi connectivity index (χ0v) is 16.5. The van der Waals surface area contributed by atoms with E-state index in [-0.39, 0.29) is 5.91 Å². The minimum Gasteiger partial charge on any atom is -0.357 e. The third-order valence-electron chi connectivity index (χ3n) is 4.35. The van der Waals surface area contributed by atoms with Crippen LogP contribution in [-0.4, -0.2) is 33.5 Å². The Hall–Kier alpha value is -3.35. The van der Waals surface area contributed by atoms with Crippen molar-refractivity contribution in [1.29, 1.82) is 0 Å². The second-order valence-electron chi connectivity index (χ2n) is 6.44. The van der Waals surface area contributed by atoms with E-state index in [0.717, 1.165) is 41.9 Å². The molecule has 2 N–H and O–H groups in total. The molecule has 0 saturated heterocycles. The van der Waals surface area contributed by atoms with Crippen molar-refractivity contribution in [3.8, 4) is 0 Å². The van der Waals surface area contributed by atoms with Crippen molar-refractivity contribution < 1.29 is 4.79 Å². The molecule has 7 nitrogen and oxygen atoms in total. The van der Waals surface area contributed by atoms with Gasteiger partial charge in [0.2, 0.25) is 5.91 Å². The summed E-state index contributed by atoms with van der Waals surface area (Å²) in [4.78, 5) is 23.3. The highest BCUT2D eigenvalue weighted by molar-refractivity contribution is 5.90. The summed E-state index contributed by atoms with van der Waals surface area (Å²) in [6.45, 7) is 8.19. The summed E-state index contributed by atoms with van der Waals surface area (Å²) in [5, 5.41) is 6.21. The molecular formula is C21H26N6O. The molecule has 3 rings (SSSR count). The highest BCUT2D eigenvalue weighted by atomic mass is 16.1. The van der Waals surface area contributed by atoms with Crippen LogP contribution in [0.25, 0.3) is 0 Å². The van der Waals surface area contributed by atoms with E-state index in [0.29, 0.717) is 6.54 Å². The fourth-order valence-corrected chi connectivity index (χ4v) is 2.95. The standard InChI is InChI=1S/C21H26N6O/c1-4-27(5-2)20-14-19(22-16(3)23-20)24-17-8-10-18(11-9-17)25-21(28)15-26-12-6-7-13-26/h6-14H,4-5,15H2,1-3H3,(H,25,28)(H,22,23,24). The maximum Gasteiger partial charge on any atom is 0.244 e. The third kappa shape index (κ3) is 5.09. The van der Waals surface area contributed by atoms with Crippen LogP contribution in [0.4, 0.5) is 23.0 Å². The summed E-state index contributed by atoms with van der Waals surface area (Å²) in [6, 6.07) is 13.3. The molecule has 0 atom stereocenters. The Morgan fingerprint density at radius 2 is 1.68 bits per heavy atom. The van der Waals surface area contributed by atoms with E-state index < -0.39 is 0 Å². The smallest absolute Gasteiger partial charge is 0.244 e. The second-order valence-corrected chi connectivity index (χ2v) is 6.44. The molecule has 2 aromatic heterocycles. The number of aryl methyl sites for hydroxylation is 1. The summed E-state index contributed by atoms with van der Waals surface area (Å²) < 4.78 is 1.83. The first kappa shape index (κ1) is 19.4. The Balaban J connectivity index is 1.65. The van der Waals surface area contributed by atoms with Gasteiger partial charge in [-0.05, 0) is 57.2 Å². The fourth-order valence-electron chi connectivity index (χ4n) is 2.95. The fraction of sp³-hybridized carbons (Fsp3) is 0.286. The van der Waals surface area contributed by atoms with E-state index in [1.54, 1.807) is 0 Å². The molecule has 0 unspecified atom stereocenters. The van der Waals surface area contributed by atoms with Crippen LogP contribution in [0, 0.1) is 6.92 Å². The first-order chi connectivity index (χ1) is 13.6. The number of hydrogen-bond acceptors (Lipinski definition) is 5. The average Bonchev–Trinajstić information content (AvgIpc) is 3.17. The van der Waals surface area contributed by atoms with Gasteiger partial charge in [0, 0.05) is 42.9 Å². The molecule has 28 heavy (non-hydrogen) atoms.